The molecule has 304 valence electrons. The number of ether oxygens (including phenoxy) is 14. The number of aryl methyl sites for hydroxylation is 1. The Morgan fingerprint density at radius 1 is 0.538 bits per heavy atom. The highest BCUT2D eigenvalue weighted by Gasteiger charge is 2.26. The second-order valence-corrected chi connectivity index (χ2v) is 11.7. The summed E-state index contributed by atoms with van der Waals surface area (Å²) in [5.74, 6) is 1.44. The molecule has 3 unspecified atom stereocenters. The maximum absolute atomic E-state index is 6.41. The summed E-state index contributed by atoms with van der Waals surface area (Å²) >= 11 is 0. The van der Waals surface area contributed by atoms with Crippen LogP contribution >= 0.6 is 0 Å². The highest BCUT2D eigenvalue weighted by Crippen LogP contribution is 2.23. The van der Waals surface area contributed by atoms with Gasteiger partial charge >= 0.3 is 0 Å². The van der Waals surface area contributed by atoms with Crippen molar-refractivity contribution in [3.63, 3.8) is 0 Å². The summed E-state index contributed by atoms with van der Waals surface area (Å²) in [6.07, 6.45) is 0.673. The highest BCUT2D eigenvalue weighted by molar-refractivity contribution is 5.38. The number of rotatable bonds is 25. The van der Waals surface area contributed by atoms with Crippen molar-refractivity contribution >= 4 is 0 Å². The van der Waals surface area contributed by atoms with Gasteiger partial charge in [0.15, 0.2) is 0 Å². The molecule has 1 heterocycles. The van der Waals surface area contributed by atoms with E-state index in [9.17, 15) is 0 Å². The van der Waals surface area contributed by atoms with Crippen molar-refractivity contribution in [2.45, 2.75) is 58.8 Å². The van der Waals surface area contributed by atoms with E-state index in [2.05, 4.69) is 13.8 Å². The first-order valence-corrected chi connectivity index (χ1v) is 19.1. The third-order valence-electron chi connectivity index (χ3n) is 7.68. The summed E-state index contributed by atoms with van der Waals surface area (Å²) in [4.78, 5) is 0. The quantitative estimate of drug-likeness (QED) is 0.135. The van der Waals surface area contributed by atoms with Gasteiger partial charge in [-0.05, 0) is 44.4 Å². The van der Waals surface area contributed by atoms with Crippen LogP contribution in [0.1, 0.15) is 39.7 Å². The minimum absolute atomic E-state index is 0.105. The molecule has 3 atom stereocenters. The van der Waals surface area contributed by atoms with Crippen molar-refractivity contribution in [3.05, 3.63) is 23.8 Å². The molecular formula is C38H68O14. The molecule has 0 bridgehead atoms. The molecule has 1 aliphatic rings. The lowest BCUT2D eigenvalue weighted by Crippen LogP contribution is -2.42. The zero-order valence-corrected chi connectivity index (χ0v) is 32.4. The van der Waals surface area contributed by atoms with E-state index in [0.29, 0.717) is 158 Å². The number of hydrogen-bond donors (Lipinski definition) is 0. The SMILES string of the molecule is CCOCCOCCOCCOc1cc(CC)cc(OCCOC(COCCOCC)C2COCCOCCOCCOCCOC(CC)CO2)c1. The van der Waals surface area contributed by atoms with Crippen LogP contribution in [0, 0.1) is 0 Å². The molecule has 1 aromatic carbocycles. The first kappa shape index (κ1) is 46.5. The van der Waals surface area contributed by atoms with E-state index in [0.717, 1.165) is 24.2 Å². The maximum atomic E-state index is 6.41. The second-order valence-electron chi connectivity index (χ2n) is 11.7. The largest absolute Gasteiger partial charge is 0.491 e. The van der Waals surface area contributed by atoms with Crippen molar-refractivity contribution in [1.82, 2.24) is 0 Å². The van der Waals surface area contributed by atoms with Crippen LogP contribution in [0.4, 0.5) is 0 Å². The predicted octanol–water partition coefficient (Wildman–Crippen LogP) is 3.78. The topological polar surface area (TPSA) is 129 Å². The van der Waals surface area contributed by atoms with Crippen LogP contribution in [0.3, 0.4) is 0 Å². The fraction of sp³-hybridized carbons (Fsp3) is 0.842. The molecule has 0 aromatic heterocycles. The summed E-state index contributed by atoms with van der Waals surface area (Å²) in [7, 11) is 0. The third kappa shape index (κ3) is 24.6. The van der Waals surface area contributed by atoms with E-state index in [1.165, 1.54) is 0 Å². The monoisotopic (exact) mass is 748 g/mol. The minimum atomic E-state index is -0.429. The lowest BCUT2D eigenvalue weighted by molar-refractivity contribution is -0.150. The van der Waals surface area contributed by atoms with E-state index in [4.69, 9.17) is 66.3 Å². The highest BCUT2D eigenvalue weighted by atomic mass is 16.6. The molecule has 0 aliphatic carbocycles. The summed E-state index contributed by atoms with van der Waals surface area (Å²) < 4.78 is 81.6. The van der Waals surface area contributed by atoms with Gasteiger partial charge in [-0.2, -0.15) is 0 Å². The Kier molecular flexibility index (Phi) is 30.3. The Hall–Kier alpha value is -1.66. The minimum Gasteiger partial charge on any atom is -0.491 e. The van der Waals surface area contributed by atoms with Crippen molar-refractivity contribution in [3.8, 4) is 11.5 Å². The zero-order chi connectivity index (χ0) is 37.2. The molecule has 1 fully saturated rings. The van der Waals surface area contributed by atoms with Crippen LogP contribution in [0.2, 0.25) is 0 Å². The summed E-state index contributed by atoms with van der Waals surface area (Å²) in [5, 5.41) is 0. The maximum Gasteiger partial charge on any atom is 0.123 e. The summed E-state index contributed by atoms with van der Waals surface area (Å²) in [5.41, 5.74) is 1.11. The van der Waals surface area contributed by atoms with Crippen LogP contribution in [-0.2, 0) is 63.3 Å². The average molecular weight is 749 g/mol. The van der Waals surface area contributed by atoms with E-state index >= 15 is 0 Å². The lowest BCUT2D eigenvalue weighted by Gasteiger charge is -2.29. The number of benzene rings is 1. The molecule has 0 amide bonds. The van der Waals surface area contributed by atoms with Crippen molar-refractivity contribution in [2.75, 3.05) is 152 Å². The van der Waals surface area contributed by atoms with E-state index in [1.807, 2.05) is 32.0 Å². The van der Waals surface area contributed by atoms with Gasteiger partial charge in [-0.1, -0.05) is 13.8 Å². The first-order chi connectivity index (χ1) is 25.7. The van der Waals surface area contributed by atoms with Gasteiger partial charge in [0.2, 0.25) is 0 Å². The van der Waals surface area contributed by atoms with Gasteiger partial charge in [0, 0.05) is 19.3 Å². The van der Waals surface area contributed by atoms with Crippen molar-refractivity contribution in [1.29, 1.82) is 0 Å². The van der Waals surface area contributed by atoms with Gasteiger partial charge in [0.1, 0.15) is 36.9 Å². The Bertz CT molecular complexity index is 926. The van der Waals surface area contributed by atoms with Crippen molar-refractivity contribution < 1.29 is 66.3 Å². The second kappa shape index (κ2) is 33.9. The molecule has 0 saturated carbocycles. The Balaban J connectivity index is 1.93. The Labute approximate surface area is 312 Å². The standard InChI is InChI=1S/C38H68O14/c1-5-33-27-35(49-24-22-45-16-14-41-11-9-39-7-3)29-36(28-33)50-25-26-51-37(31-46-19-10-40-8-4)38-32-47-20-18-43-13-12-42-15-17-44-21-23-48-34(6-2)30-52-38/h27-29,34,37-38H,5-26,30-32H2,1-4H3. The normalized spacial score (nSPS) is 19.5. The van der Waals surface area contributed by atoms with Crippen LogP contribution in [0.5, 0.6) is 11.5 Å². The smallest absolute Gasteiger partial charge is 0.123 e. The summed E-state index contributed by atoms with van der Waals surface area (Å²) in [6, 6.07) is 5.92. The third-order valence-corrected chi connectivity index (χ3v) is 7.68. The van der Waals surface area contributed by atoms with Gasteiger partial charge in [0.25, 0.3) is 0 Å². The first-order valence-electron chi connectivity index (χ1n) is 19.1. The molecule has 52 heavy (non-hydrogen) atoms. The van der Waals surface area contributed by atoms with E-state index in [1.54, 1.807) is 0 Å². The average Bonchev–Trinajstić information content (AvgIpc) is 3.16. The van der Waals surface area contributed by atoms with E-state index < -0.39 is 12.2 Å². The lowest BCUT2D eigenvalue weighted by atomic mass is 10.1. The number of hydrogen-bond acceptors (Lipinski definition) is 14. The fourth-order valence-electron chi connectivity index (χ4n) is 4.80. The Morgan fingerprint density at radius 2 is 1.06 bits per heavy atom. The van der Waals surface area contributed by atoms with Gasteiger partial charge in [0.05, 0.1) is 132 Å². The molecule has 2 rings (SSSR count). The van der Waals surface area contributed by atoms with Gasteiger partial charge in [-0.25, -0.2) is 0 Å². The molecule has 0 radical (unpaired) electrons. The molecule has 0 spiro atoms. The zero-order valence-electron chi connectivity index (χ0n) is 32.4. The molecule has 14 nitrogen and oxygen atoms in total. The summed E-state index contributed by atoms with van der Waals surface area (Å²) in [6.45, 7) is 18.8. The van der Waals surface area contributed by atoms with Gasteiger partial charge in [-0.15, -0.1) is 0 Å². The van der Waals surface area contributed by atoms with Crippen molar-refractivity contribution in [2.24, 2.45) is 0 Å². The van der Waals surface area contributed by atoms with Crippen LogP contribution in [0.15, 0.2) is 18.2 Å². The molecule has 1 aromatic rings. The predicted molar refractivity (Wildman–Crippen MR) is 195 cm³/mol. The van der Waals surface area contributed by atoms with Gasteiger partial charge < -0.3 is 66.3 Å². The molecule has 1 saturated heterocycles. The fourth-order valence-corrected chi connectivity index (χ4v) is 4.80. The Morgan fingerprint density at radius 3 is 1.63 bits per heavy atom. The van der Waals surface area contributed by atoms with Crippen LogP contribution < -0.4 is 9.47 Å². The van der Waals surface area contributed by atoms with Crippen LogP contribution in [0.25, 0.3) is 0 Å². The van der Waals surface area contributed by atoms with Crippen LogP contribution in [-0.4, -0.2) is 170 Å². The molecule has 1 aliphatic heterocycles. The molecule has 0 N–H and O–H groups in total. The molecule has 14 heteroatoms. The van der Waals surface area contributed by atoms with Gasteiger partial charge in [-0.3, -0.25) is 0 Å². The molecular weight excluding hydrogens is 680 g/mol. The van der Waals surface area contributed by atoms with E-state index in [-0.39, 0.29) is 6.10 Å².